The molecule has 0 N–H and O–H groups in total. The summed E-state index contributed by atoms with van der Waals surface area (Å²) in [4.78, 5) is 18.0. The zero-order valence-electron chi connectivity index (χ0n) is 22.4. The lowest BCUT2D eigenvalue weighted by Crippen LogP contribution is -2.55. The van der Waals surface area contributed by atoms with Gasteiger partial charge in [0.1, 0.15) is 12.4 Å². The molecule has 1 aromatic carbocycles. The fourth-order valence-corrected chi connectivity index (χ4v) is 8.00. The molecule has 0 amide bonds. The number of ether oxygens (including phenoxy) is 3. The summed E-state index contributed by atoms with van der Waals surface area (Å²) in [5, 5.41) is 4.51. The van der Waals surface area contributed by atoms with Gasteiger partial charge in [-0.05, 0) is 98.8 Å². The van der Waals surface area contributed by atoms with Gasteiger partial charge >= 0.3 is 5.97 Å². The van der Waals surface area contributed by atoms with E-state index in [0.29, 0.717) is 36.9 Å². The second-order valence-electron chi connectivity index (χ2n) is 12.1. The van der Waals surface area contributed by atoms with Gasteiger partial charge in [-0.2, -0.15) is 5.10 Å². The lowest BCUT2D eigenvalue weighted by Gasteiger charge is -2.58. The zero-order valence-corrected chi connectivity index (χ0v) is 22.4. The van der Waals surface area contributed by atoms with Gasteiger partial charge in [-0.3, -0.25) is 9.78 Å². The Hall–Kier alpha value is -3.19. The van der Waals surface area contributed by atoms with Crippen LogP contribution in [0.15, 0.2) is 60.9 Å². The summed E-state index contributed by atoms with van der Waals surface area (Å²) in [7, 11) is 0. The minimum atomic E-state index is -0.296. The van der Waals surface area contributed by atoms with Crippen molar-refractivity contribution in [1.29, 1.82) is 0 Å². The summed E-state index contributed by atoms with van der Waals surface area (Å²) in [5.41, 5.74) is 2.60. The Labute approximate surface area is 229 Å². The van der Waals surface area contributed by atoms with E-state index in [-0.39, 0.29) is 17.6 Å². The minimum Gasteiger partial charge on any atom is -0.492 e. The smallest absolute Gasteiger partial charge is 0.312 e. The van der Waals surface area contributed by atoms with Crippen LogP contribution in [0.3, 0.4) is 0 Å². The maximum atomic E-state index is 13.3. The predicted octanol–water partition coefficient (Wildman–Crippen LogP) is 6.21. The van der Waals surface area contributed by atoms with E-state index in [1.165, 1.54) is 12.8 Å². The Kier molecular flexibility index (Phi) is 6.63. The standard InChI is InChI=1S/C32H37N3O4/c36-31(39-20-22-6-2-1-3-7-22)32-16-23-14-24(17-32)27(25(15-23)18-32)21-38-26-9-10-28(33-19-26)29-11-12-34-35(29)30-8-4-5-13-37-30/h1-3,6-7,9-12,19,23-25,27,30H,4-5,8,13-18,20-21H2. The molecule has 4 aliphatic carbocycles. The van der Waals surface area contributed by atoms with Crippen molar-refractivity contribution < 1.29 is 19.0 Å². The molecule has 7 nitrogen and oxygen atoms in total. The first-order valence-corrected chi connectivity index (χ1v) is 14.6. The van der Waals surface area contributed by atoms with Gasteiger partial charge in [0.05, 0.1) is 29.6 Å². The summed E-state index contributed by atoms with van der Waals surface area (Å²) in [5.74, 6) is 2.99. The number of hydrogen-bond acceptors (Lipinski definition) is 6. The molecule has 2 aromatic heterocycles. The quantitative estimate of drug-likeness (QED) is 0.324. The number of pyridine rings is 1. The van der Waals surface area contributed by atoms with Crippen molar-refractivity contribution in [3.63, 3.8) is 0 Å². The summed E-state index contributed by atoms with van der Waals surface area (Å²) >= 11 is 0. The largest absolute Gasteiger partial charge is 0.492 e. The number of rotatable bonds is 8. The van der Waals surface area contributed by atoms with E-state index in [9.17, 15) is 4.79 Å². The van der Waals surface area contributed by atoms with Crippen molar-refractivity contribution >= 4 is 5.97 Å². The molecule has 4 bridgehead atoms. The summed E-state index contributed by atoms with van der Waals surface area (Å²) in [6.07, 6.45) is 12.2. The van der Waals surface area contributed by atoms with Gasteiger partial charge in [-0.1, -0.05) is 30.3 Å². The first-order chi connectivity index (χ1) is 19.2. The molecule has 3 unspecified atom stereocenters. The SMILES string of the molecule is O=C(OCc1ccccc1)C12CC3CC(C1)C(COc1ccc(-c4ccnn4C4CCCCO4)nc1)C(C3)C2. The molecule has 4 saturated carbocycles. The van der Waals surface area contributed by atoms with Gasteiger partial charge in [0.2, 0.25) is 0 Å². The molecule has 3 atom stereocenters. The average molecular weight is 528 g/mol. The molecule has 204 valence electrons. The first-order valence-electron chi connectivity index (χ1n) is 14.6. The highest BCUT2D eigenvalue weighted by atomic mass is 16.5. The highest BCUT2D eigenvalue weighted by molar-refractivity contribution is 5.77. The second-order valence-corrected chi connectivity index (χ2v) is 12.1. The summed E-state index contributed by atoms with van der Waals surface area (Å²) in [6, 6.07) is 16.0. The highest BCUT2D eigenvalue weighted by Gasteiger charge is 2.59. The van der Waals surface area contributed by atoms with Crippen LogP contribution in [0, 0.1) is 29.1 Å². The second kappa shape index (κ2) is 10.4. The van der Waals surface area contributed by atoms with Crippen molar-refractivity contribution in [1.82, 2.24) is 14.8 Å². The van der Waals surface area contributed by atoms with Crippen LogP contribution in [0.1, 0.15) is 63.2 Å². The number of esters is 1. The highest BCUT2D eigenvalue weighted by Crippen LogP contribution is 2.62. The lowest BCUT2D eigenvalue weighted by molar-refractivity contribution is -0.180. The molecule has 7 heteroatoms. The molecule has 3 heterocycles. The van der Waals surface area contributed by atoms with Gasteiger partial charge in [-0.15, -0.1) is 0 Å². The predicted molar refractivity (Wildman–Crippen MR) is 146 cm³/mol. The third kappa shape index (κ3) is 4.86. The number of hydrogen-bond donors (Lipinski definition) is 0. The molecule has 1 aliphatic heterocycles. The summed E-state index contributed by atoms with van der Waals surface area (Å²) in [6.45, 7) is 1.83. The van der Waals surface area contributed by atoms with Crippen LogP contribution in [0.5, 0.6) is 5.75 Å². The first kappa shape index (κ1) is 24.8. The Morgan fingerprint density at radius 2 is 1.87 bits per heavy atom. The molecule has 39 heavy (non-hydrogen) atoms. The van der Waals surface area contributed by atoms with E-state index in [4.69, 9.17) is 19.2 Å². The molecule has 8 rings (SSSR count). The van der Waals surface area contributed by atoms with Crippen LogP contribution in [0.2, 0.25) is 0 Å². The molecular weight excluding hydrogens is 490 g/mol. The number of carbonyl (C=O) groups excluding carboxylic acids is 1. The van der Waals surface area contributed by atoms with Gasteiger partial charge < -0.3 is 14.2 Å². The number of benzene rings is 1. The van der Waals surface area contributed by atoms with Crippen molar-refractivity contribution in [3.8, 4) is 17.1 Å². The third-order valence-electron chi connectivity index (χ3n) is 9.65. The van der Waals surface area contributed by atoms with E-state index < -0.39 is 0 Å². The maximum absolute atomic E-state index is 13.3. The average Bonchev–Trinajstić information content (AvgIpc) is 3.47. The molecule has 3 aromatic rings. The number of aromatic nitrogens is 3. The van der Waals surface area contributed by atoms with Gasteiger partial charge in [0, 0.05) is 12.8 Å². The van der Waals surface area contributed by atoms with Crippen molar-refractivity contribution in [2.24, 2.45) is 29.1 Å². The van der Waals surface area contributed by atoms with Crippen molar-refractivity contribution in [2.45, 2.75) is 64.2 Å². The van der Waals surface area contributed by atoms with E-state index in [0.717, 1.165) is 67.8 Å². The number of carbonyl (C=O) groups is 1. The molecule has 5 fully saturated rings. The van der Waals surface area contributed by atoms with E-state index in [1.807, 2.05) is 65.6 Å². The van der Waals surface area contributed by atoms with E-state index in [1.54, 1.807) is 0 Å². The minimum absolute atomic E-state index is 0.0164. The lowest BCUT2D eigenvalue weighted by atomic mass is 9.46. The molecule has 0 radical (unpaired) electrons. The van der Waals surface area contributed by atoms with Gasteiger partial charge in [-0.25, -0.2) is 4.68 Å². The third-order valence-corrected chi connectivity index (χ3v) is 9.65. The molecule has 1 saturated heterocycles. The van der Waals surface area contributed by atoms with Crippen LogP contribution in [-0.2, 0) is 20.9 Å². The molecule has 5 aliphatic rings. The van der Waals surface area contributed by atoms with Gasteiger partial charge in [0.15, 0.2) is 6.23 Å². The maximum Gasteiger partial charge on any atom is 0.312 e. The fourth-order valence-electron chi connectivity index (χ4n) is 8.00. The monoisotopic (exact) mass is 527 g/mol. The van der Waals surface area contributed by atoms with Crippen LogP contribution >= 0.6 is 0 Å². The fraction of sp³-hybridized carbons (Fsp3) is 0.531. The van der Waals surface area contributed by atoms with E-state index >= 15 is 0 Å². The molecular formula is C32H37N3O4. The van der Waals surface area contributed by atoms with E-state index in [2.05, 4.69) is 5.10 Å². The zero-order chi connectivity index (χ0) is 26.2. The normalized spacial score (nSPS) is 31.2. The van der Waals surface area contributed by atoms with Gasteiger partial charge in [0.25, 0.3) is 0 Å². The Balaban J connectivity index is 0.976. The van der Waals surface area contributed by atoms with Crippen LogP contribution < -0.4 is 4.74 Å². The van der Waals surface area contributed by atoms with Crippen molar-refractivity contribution in [3.05, 3.63) is 66.5 Å². The summed E-state index contributed by atoms with van der Waals surface area (Å²) < 4.78 is 20.1. The Bertz CT molecular complexity index is 1270. The number of nitrogens with zero attached hydrogens (tertiary/aromatic N) is 3. The van der Waals surface area contributed by atoms with Crippen LogP contribution in [0.25, 0.3) is 11.4 Å². The van der Waals surface area contributed by atoms with Crippen molar-refractivity contribution in [2.75, 3.05) is 13.2 Å². The Morgan fingerprint density at radius 1 is 1.03 bits per heavy atom. The Morgan fingerprint density at radius 3 is 2.62 bits per heavy atom. The van der Waals surface area contributed by atoms with Crippen LogP contribution in [0.4, 0.5) is 0 Å². The van der Waals surface area contributed by atoms with Crippen LogP contribution in [-0.4, -0.2) is 33.9 Å². The molecule has 0 spiro atoms. The topological polar surface area (TPSA) is 75.5 Å².